The second-order valence-corrected chi connectivity index (χ2v) is 14.1. The highest BCUT2D eigenvalue weighted by atomic mass is 15.1. The quantitative estimate of drug-likeness (QED) is 0.119. The molecule has 0 fully saturated rings. The summed E-state index contributed by atoms with van der Waals surface area (Å²) in [5, 5.41) is 2.25. The van der Waals surface area contributed by atoms with Gasteiger partial charge in [-0.2, -0.15) is 0 Å². The first kappa shape index (κ1) is 35.3. The summed E-state index contributed by atoms with van der Waals surface area (Å²) in [4.78, 5) is 15.6. The van der Waals surface area contributed by atoms with Crippen LogP contribution in [0.5, 0.6) is 0 Å². The Bertz CT molecular complexity index is 2910. The van der Waals surface area contributed by atoms with Gasteiger partial charge in [0, 0.05) is 27.5 Å². The van der Waals surface area contributed by atoms with Gasteiger partial charge < -0.3 is 0 Å². The van der Waals surface area contributed by atoms with Crippen molar-refractivity contribution < 1.29 is 0 Å². The third-order valence-electron chi connectivity index (χ3n) is 10.3. The maximum atomic E-state index is 5.29. The molecule has 0 bridgehead atoms. The van der Waals surface area contributed by atoms with Crippen molar-refractivity contribution in [3.63, 3.8) is 0 Å². The largest absolute Gasteiger partial charge is 0.297 e. The van der Waals surface area contributed by atoms with Gasteiger partial charge in [0.15, 0.2) is 5.84 Å². The Kier molecular flexibility index (Phi) is 9.74. The number of nitrogens with zero attached hydrogens (tertiary/aromatic N) is 4. The van der Waals surface area contributed by atoms with Crippen molar-refractivity contribution in [1.82, 2.24) is 9.55 Å². The second kappa shape index (κ2) is 15.7. The molecule has 0 spiro atoms. The van der Waals surface area contributed by atoms with Gasteiger partial charge in [-0.15, -0.1) is 0 Å². The molecule has 0 atom stereocenters. The number of hydrogen-bond acceptors (Lipinski definition) is 2. The zero-order valence-electron chi connectivity index (χ0n) is 31.8. The first-order valence-electron chi connectivity index (χ1n) is 19.3. The van der Waals surface area contributed by atoms with Crippen LogP contribution < -0.4 is 0 Å². The number of benzene rings is 6. The monoisotopic (exact) mass is 732 g/mol. The summed E-state index contributed by atoms with van der Waals surface area (Å²) in [6, 6.07) is 58.9. The van der Waals surface area contributed by atoms with Crippen LogP contribution in [-0.2, 0) is 0 Å². The predicted molar refractivity (Wildman–Crippen MR) is 241 cm³/mol. The van der Waals surface area contributed by atoms with Gasteiger partial charge in [-0.05, 0) is 77.6 Å². The number of aliphatic imine (C=N–C) groups is 2. The summed E-state index contributed by atoms with van der Waals surface area (Å²) >= 11 is 0. The standard InChI is InChI=1S/C53H40N4/c1-37(39-19-11-5-12-20-39)54-53(43-27-17-8-18-28-43)55-38(2)57-51-31-29-44(40-21-13-6-14-22-40)33-47(51)48-34-45(30-32-52(48)57)50-36-46(41-23-9-3-4-10-24-41)35-49(56-50)42-25-15-7-16-26-42/h3,5-36H,1,4H2,2H3. The van der Waals surface area contributed by atoms with Gasteiger partial charge in [0.25, 0.3) is 0 Å². The second-order valence-electron chi connectivity index (χ2n) is 14.1. The van der Waals surface area contributed by atoms with Crippen LogP contribution in [-0.4, -0.2) is 21.2 Å². The summed E-state index contributed by atoms with van der Waals surface area (Å²) < 4.78 is 2.25. The van der Waals surface area contributed by atoms with E-state index in [9.17, 15) is 0 Å². The molecule has 0 N–H and O–H groups in total. The fraction of sp³-hybridized carbons (Fsp3) is 0.0377. The van der Waals surface area contributed by atoms with E-state index in [2.05, 4.69) is 152 Å². The molecule has 0 saturated carbocycles. The average Bonchev–Trinajstić information content (AvgIpc) is 3.38. The summed E-state index contributed by atoms with van der Waals surface area (Å²) in [5.74, 6) is 1.39. The van der Waals surface area contributed by atoms with E-state index in [0.717, 1.165) is 84.4 Å². The average molecular weight is 733 g/mol. The molecule has 0 saturated heterocycles. The Balaban J connectivity index is 1.24. The normalized spacial score (nSPS) is 13.2. The van der Waals surface area contributed by atoms with E-state index in [1.165, 1.54) is 5.56 Å². The highest BCUT2D eigenvalue weighted by molar-refractivity contribution is 6.18. The zero-order chi connectivity index (χ0) is 38.6. The lowest BCUT2D eigenvalue weighted by molar-refractivity contribution is 1.24. The topological polar surface area (TPSA) is 42.5 Å². The summed E-state index contributed by atoms with van der Waals surface area (Å²) in [6.07, 6.45) is 11.8. The van der Waals surface area contributed by atoms with Crippen LogP contribution in [0.15, 0.2) is 217 Å². The molecule has 9 rings (SSSR count). The molecule has 272 valence electrons. The van der Waals surface area contributed by atoms with Crippen molar-refractivity contribution in [3.8, 4) is 33.6 Å². The Morgan fingerprint density at radius 1 is 0.544 bits per heavy atom. The molecule has 57 heavy (non-hydrogen) atoms. The molecule has 0 radical (unpaired) electrons. The number of allylic oxidation sites excluding steroid dienone is 6. The maximum absolute atomic E-state index is 5.29. The number of pyridine rings is 1. The molecule has 6 aromatic carbocycles. The van der Waals surface area contributed by atoms with Crippen molar-refractivity contribution in [3.05, 3.63) is 224 Å². The van der Waals surface area contributed by atoms with Crippen LogP contribution in [0.2, 0.25) is 0 Å². The molecule has 0 aliphatic heterocycles. The van der Waals surface area contributed by atoms with Crippen molar-refractivity contribution in [1.29, 1.82) is 0 Å². The highest BCUT2D eigenvalue weighted by Crippen LogP contribution is 2.37. The Morgan fingerprint density at radius 3 is 1.77 bits per heavy atom. The van der Waals surface area contributed by atoms with E-state index in [4.69, 9.17) is 15.0 Å². The number of aromatic nitrogens is 2. The van der Waals surface area contributed by atoms with E-state index >= 15 is 0 Å². The molecular weight excluding hydrogens is 693 g/mol. The highest BCUT2D eigenvalue weighted by Gasteiger charge is 2.18. The van der Waals surface area contributed by atoms with Gasteiger partial charge in [0.2, 0.25) is 0 Å². The van der Waals surface area contributed by atoms with Gasteiger partial charge in [0.05, 0.1) is 28.1 Å². The Morgan fingerprint density at radius 2 is 1.11 bits per heavy atom. The van der Waals surface area contributed by atoms with Crippen LogP contribution in [0.3, 0.4) is 0 Å². The van der Waals surface area contributed by atoms with Gasteiger partial charge in [-0.25, -0.2) is 15.0 Å². The molecule has 1 aliphatic carbocycles. The molecule has 2 aromatic heterocycles. The number of rotatable bonds is 7. The van der Waals surface area contributed by atoms with E-state index in [1.807, 2.05) is 66.7 Å². The summed E-state index contributed by atoms with van der Waals surface area (Å²) in [7, 11) is 0. The number of hydrogen-bond donors (Lipinski definition) is 0. The molecule has 4 heteroatoms. The molecule has 4 nitrogen and oxygen atoms in total. The van der Waals surface area contributed by atoms with Crippen molar-refractivity contribution >= 4 is 44.7 Å². The number of amidine groups is 1. The summed E-state index contributed by atoms with van der Waals surface area (Å²) in [6.45, 7) is 6.38. The van der Waals surface area contributed by atoms with E-state index < -0.39 is 0 Å². The Labute approximate surface area is 333 Å². The lowest BCUT2D eigenvalue weighted by atomic mass is 9.98. The Hall–Kier alpha value is -7.43. The van der Waals surface area contributed by atoms with Gasteiger partial charge in [-0.3, -0.25) is 4.57 Å². The van der Waals surface area contributed by atoms with Crippen LogP contribution in [0.1, 0.15) is 30.0 Å². The molecular formula is C53H40N4. The minimum atomic E-state index is 0.598. The lowest BCUT2D eigenvalue weighted by Crippen LogP contribution is -2.11. The van der Waals surface area contributed by atoms with Gasteiger partial charge >= 0.3 is 0 Å². The molecule has 1 aliphatic rings. The minimum Gasteiger partial charge on any atom is -0.297 e. The van der Waals surface area contributed by atoms with Gasteiger partial charge in [-0.1, -0.05) is 170 Å². The van der Waals surface area contributed by atoms with E-state index in [-0.39, 0.29) is 0 Å². The van der Waals surface area contributed by atoms with E-state index in [1.54, 1.807) is 0 Å². The lowest BCUT2D eigenvalue weighted by Gasteiger charge is -2.12. The smallest absolute Gasteiger partial charge is 0.161 e. The molecule has 0 unspecified atom stereocenters. The molecule has 2 heterocycles. The molecule has 8 aromatic rings. The minimum absolute atomic E-state index is 0.598. The maximum Gasteiger partial charge on any atom is 0.161 e. The fourth-order valence-corrected chi connectivity index (χ4v) is 7.48. The summed E-state index contributed by atoms with van der Waals surface area (Å²) in [5.41, 5.74) is 13.2. The third kappa shape index (κ3) is 7.37. The van der Waals surface area contributed by atoms with Crippen molar-refractivity contribution in [2.24, 2.45) is 9.98 Å². The zero-order valence-corrected chi connectivity index (χ0v) is 31.8. The van der Waals surface area contributed by atoms with E-state index in [0.29, 0.717) is 11.5 Å². The van der Waals surface area contributed by atoms with Crippen LogP contribution >= 0.6 is 0 Å². The van der Waals surface area contributed by atoms with Crippen LogP contribution in [0, 0.1) is 0 Å². The van der Waals surface area contributed by atoms with Crippen molar-refractivity contribution in [2.75, 3.05) is 0 Å². The first-order valence-corrected chi connectivity index (χ1v) is 19.3. The molecule has 0 amide bonds. The first-order chi connectivity index (χ1) is 28.1. The van der Waals surface area contributed by atoms with Crippen LogP contribution in [0.4, 0.5) is 0 Å². The van der Waals surface area contributed by atoms with Gasteiger partial charge in [0.1, 0.15) is 5.84 Å². The number of fused-ring (bicyclic) bond motifs is 3. The predicted octanol–water partition coefficient (Wildman–Crippen LogP) is 13.5. The van der Waals surface area contributed by atoms with Crippen molar-refractivity contribution in [2.45, 2.75) is 13.3 Å². The van der Waals surface area contributed by atoms with Crippen LogP contribution in [0.25, 0.3) is 66.7 Å². The fourth-order valence-electron chi connectivity index (χ4n) is 7.48. The SMILES string of the molecule is C=C(N=C(N=C(C)n1c2ccc(-c3ccccc3)cc2c2cc(-c3cc(C4=CC=CCC=C4)cc(-c4ccccc4)n3)ccc21)c1ccccc1)c1ccccc1. The third-order valence-corrected chi connectivity index (χ3v) is 10.3.